The molecule has 76 valence electrons. The highest BCUT2D eigenvalue weighted by atomic mass is 16.6. The lowest BCUT2D eigenvalue weighted by Crippen LogP contribution is -2.30. The minimum atomic E-state index is -0.911. The van der Waals surface area contributed by atoms with Crippen LogP contribution in [0, 0.1) is 15.5 Å². The number of carbonyl (C=O) groups excluding carboxylic acids is 1. The summed E-state index contributed by atoms with van der Waals surface area (Å²) in [5, 5.41) is 10.5. The van der Waals surface area contributed by atoms with Crippen LogP contribution in [0.4, 0.5) is 0 Å². The number of hydrogen-bond donors (Lipinski definition) is 0. The Hall–Kier alpha value is -1.65. The van der Waals surface area contributed by atoms with E-state index in [1.54, 1.807) is 13.0 Å². The van der Waals surface area contributed by atoms with Crippen molar-refractivity contribution in [3.63, 3.8) is 0 Å². The third-order valence-corrected chi connectivity index (χ3v) is 2.19. The quantitative estimate of drug-likeness (QED) is 0.380. The van der Waals surface area contributed by atoms with Crippen LogP contribution in [0.3, 0.4) is 0 Å². The molecule has 0 heterocycles. The van der Waals surface area contributed by atoms with E-state index in [0.29, 0.717) is 0 Å². The van der Waals surface area contributed by atoms with Crippen molar-refractivity contribution >= 4 is 5.97 Å². The highest BCUT2D eigenvalue weighted by molar-refractivity contribution is 5.79. The maximum Gasteiger partial charge on any atom is 0.315 e. The normalized spacial score (nSPS) is 25.4. The first-order chi connectivity index (χ1) is 6.49. The second-order valence-electron chi connectivity index (χ2n) is 3.36. The lowest BCUT2D eigenvalue weighted by atomic mass is 9.82. The number of ether oxygens (including phenoxy) is 1. The van der Waals surface area contributed by atoms with Gasteiger partial charge in [-0.3, -0.25) is 14.9 Å². The molecule has 0 amide bonds. The predicted molar refractivity (Wildman–Crippen MR) is 49.0 cm³/mol. The van der Waals surface area contributed by atoms with E-state index in [0.717, 1.165) is 0 Å². The van der Waals surface area contributed by atoms with Gasteiger partial charge in [0.15, 0.2) is 0 Å². The second kappa shape index (κ2) is 3.61. The molecule has 0 N–H and O–H groups in total. The Balaban J connectivity index is 2.90. The van der Waals surface area contributed by atoms with Crippen molar-refractivity contribution < 1.29 is 14.5 Å². The van der Waals surface area contributed by atoms with Crippen LogP contribution >= 0.6 is 0 Å². The summed E-state index contributed by atoms with van der Waals surface area (Å²) < 4.78 is 4.58. The highest BCUT2D eigenvalue weighted by Crippen LogP contribution is 2.32. The minimum absolute atomic E-state index is 0.0281. The molecule has 1 aliphatic rings. The molecule has 0 saturated carbocycles. The van der Waals surface area contributed by atoms with E-state index in [1.165, 1.54) is 19.3 Å². The zero-order valence-electron chi connectivity index (χ0n) is 8.02. The van der Waals surface area contributed by atoms with Crippen LogP contribution in [-0.4, -0.2) is 18.0 Å². The van der Waals surface area contributed by atoms with Gasteiger partial charge in [0.1, 0.15) is 0 Å². The molecule has 0 fully saturated rings. The molecule has 1 aliphatic carbocycles. The van der Waals surface area contributed by atoms with Gasteiger partial charge in [0.05, 0.1) is 23.9 Å². The van der Waals surface area contributed by atoms with Crippen LogP contribution in [0.25, 0.3) is 0 Å². The lowest BCUT2D eigenvalue weighted by molar-refractivity contribution is -0.429. The van der Waals surface area contributed by atoms with Gasteiger partial charge in [0.2, 0.25) is 5.70 Å². The molecule has 1 unspecified atom stereocenters. The zero-order valence-corrected chi connectivity index (χ0v) is 8.02. The van der Waals surface area contributed by atoms with E-state index >= 15 is 0 Å². The largest absolute Gasteiger partial charge is 0.468 e. The standard InChI is InChI=1S/C9H11NO4/c1-9(8(11)14-2)5-3-4-7(6-9)10(12)13/h3-5H,6H2,1-2H3. The molecule has 1 rings (SSSR count). The highest BCUT2D eigenvalue weighted by Gasteiger charge is 2.37. The van der Waals surface area contributed by atoms with Gasteiger partial charge in [0, 0.05) is 6.08 Å². The van der Waals surface area contributed by atoms with Crippen molar-refractivity contribution in [2.75, 3.05) is 7.11 Å². The maximum absolute atomic E-state index is 11.3. The number of hydrogen-bond acceptors (Lipinski definition) is 4. The van der Waals surface area contributed by atoms with E-state index in [2.05, 4.69) is 4.74 Å². The van der Waals surface area contributed by atoms with E-state index < -0.39 is 16.3 Å². The summed E-state index contributed by atoms with van der Waals surface area (Å²) in [4.78, 5) is 21.4. The van der Waals surface area contributed by atoms with Crippen LogP contribution in [-0.2, 0) is 9.53 Å². The first-order valence-electron chi connectivity index (χ1n) is 4.11. The molecule has 0 aromatic heterocycles. The Labute approximate surface area is 81.2 Å². The fourth-order valence-corrected chi connectivity index (χ4v) is 1.36. The second-order valence-corrected chi connectivity index (χ2v) is 3.36. The topological polar surface area (TPSA) is 69.4 Å². The van der Waals surface area contributed by atoms with Gasteiger partial charge in [-0.15, -0.1) is 0 Å². The van der Waals surface area contributed by atoms with Gasteiger partial charge in [-0.25, -0.2) is 0 Å². The Morgan fingerprint density at radius 2 is 2.36 bits per heavy atom. The average molecular weight is 197 g/mol. The van der Waals surface area contributed by atoms with Gasteiger partial charge in [-0.2, -0.15) is 0 Å². The Bertz CT molecular complexity index is 332. The zero-order chi connectivity index (χ0) is 10.8. The molecule has 5 heteroatoms. The van der Waals surface area contributed by atoms with Gasteiger partial charge < -0.3 is 4.74 Å². The van der Waals surface area contributed by atoms with Crippen LogP contribution in [0.1, 0.15) is 13.3 Å². The molecular formula is C9H11NO4. The van der Waals surface area contributed by atoms with E-state index in [4.69, 9.17) is 0 Å². The molecule has 0 saturated heterocycles. The predicted octanol–water partition coefficient (Wildman–Crippen LogP) is 1.29. The van der Waals surface area contributed by atoms with Crippen LogP contribution in [0.5, 0.6) is 0 Å². The Morgan fingerprint density at radius 3 is 2.86 bits per heavy atom. The molecule has 5 nitrogen and oxygen atoms in total. The van der Waals surface area contributed by atoms with Crippen LogP contribution < -0.4 is 0 Å². The van der Waals surface area contributed by atoms with E-state index in [-0.39, 0.29) is 12.1 Å². The van der Waals surface area contributed by atoms with Crippen molar-refractivity contribution in [2.45, 2.75) is 13.3 Å². The Morgan fingerprint density at radius 1 is 1.71 bits per heavy atom. The fourth-order valence-electron chi connectivity index (χ4n) is 1.36. The monoisotopic (exact) mass is 197 g/mol. The summed E-state index contributed by atoms with van der Waals surface area (Å²) >= 11 is 0. The summed E-state index contributed by atoms with van der Waals surface area (Å²) in [6.45, 7) is 1.62. The number of carbonyl (C=O) groups is 1. The summed E-state index contributed by atoms with van der Waals surface area (Å²) in [6, 6.07) is 0. The molecule has 0 aromatic rings. The lowest BCUT2D eigenvalue weighted by Gasteiger charge is -2.22. The van der Waals surface area contributed by atoms with E-state index in [9.17, 15) is 14.9 Å². The third-order valence-electron chi connectivity index (χ3n) is 2.19. The summed E-state index contributed by atoms with van der Waals surface area (Å²) in [6.07, 6.45) is 4.60. The average Bonchev–Trinajstić information content (AvgIpc) is 2.16. The Kier molecular flexibility index (Phi) is 2.69. The van der Waals surface area contributed by atoms with E-state index in [1.807, 2.05) is 0 Å². The van der Waals surface area contributed by atoms with Crippen LogP contribution in [0.15, 0.2) is 23.9 Å². The third kappa shape index (κ3) is 1.81. The summed E-state index contributed by atoms with van der Waals surface area (Å²) in [5.74, 6) is -0.457. The number of nitro groups is 1. The van der Waals surface area contributed by atoms with Crippen molar-refractivity contribution in [3.8, 4) is 0 Å². The number of methoxy groups -OCH3 is 1. The molecule has 0 aromatic carbocycles. The van der Waals surface area contributed by atoms with Gasteiger partial charge >= 0.3 is 5.97 Å². The minimum Gasteiger partial charge on any atom is -0.468 e. The smallest absolute Gasteiger partial charge is 0.315 e. The first kappa shape index (κ1) is 10.4. The maximum atomic E-state index is 11.3. The number of allylic oxidation sites excluding steroid dienone is 3. The number of rotatable bonds is 2. The molecule has 0 spiro atoms. The van der Waals surface area contributed by atoms with Gasteiger partial charge in [0.25, 0.3) is 0 Å². The molecule has 0 aliphatic heterocycles. The first-order valence-corrected chi connectivity index (χ1v) is 4.11. The number of nitrogens with zero attached hydrogens (tertiary/aromatic N) is 1. The summed E-state index contributed by atoms with van der Waals surface area (Å²) in [7, 11) is 1.27. The molecular weight excluding hydrogens is 186 g/mol. The summed E-state index contributed by atoms with van der Waals surface area (Å²) in [5.41, 5.74) is -0.883. The SMILES string of the molecule is COC(=O)C1(C)C=CC=C([N+](=O)[O-])C1. The molecule has 14 heavy (non-hydrogen) atoms. The van der Waals surface area contributed by atoms with Crippen molar-refractivity contribution in [1.29, 1.82) is 0 Å². The van der Waals surface area contributed by atoms with Crippen molar-refractivity contribution in [1.82, 2.24) is 0 Å². The molecule has 0 radical (unpaired) electrons. The van der Waals surface area contributed by atoms with Gasteiger partial charge in [-0.05, 0) is 6.92 Å². The fraction of sp³-hybridized carbons (Fsp3) is 0.444. The van der Waals surface area contributed by atoms with Crippen molar-refractivity contribution in [3.05, 3.63) is 34.0 Å². The molecule has 1 atom stereocenters. The number of esters is 1. The van der Waals surface area contributed by atoms with Gasteiger partial charge in [-0.1, -0.05) is 12.2 Å². The molecule has 0 bridgehead atoms. The van der Waals surface area contributed by atoms with Crippen LogP contribution in [0.2, 0.25) is 0 Å². The van der Waals surface area contributed by atoms with Crippen molar-refractivity contribution in [2.24, 2.45) is 5.41 Å².